The molecule has 0 rings (SSSR count). The quantitative estimate of drug-likeness (QED) is 0.166. The molecular formula is C23H49NO2S. The average molecular weight is 404 g/mol. The first kappa shape index (κ1) is 27.2. The summed E-state index contributed by atoms with van der Waals surface area (Å²) >= 11 is 2.00. The molecular weight excluding hydrogens is 354 g/mol. The average Bonchev–Trinajstić information content (AvgIpc) is 2.68. The molecule has 0 aliphatic rings. The maximum atomic E-state index is 9.18. The topological polar surface area (TPSA) is 43.7 Å². The fourth-order valence-electron chi connectivity index (χ4n) is 3.65. The summed E-state index contributed by atoms with van der Waals surface area (Å²) in [7, 11) is 0. The summed E-state index contributed by atoms with van der Waals surface area (Å²) < 4.78 is 0. The van der Waals surface area contributed by atoms with Gasteiger partial charge in [0.15, 0.2) is 0 Å². The predicted molar refractivity (Wildman–Crippen MR) is 123 cm³/mol. The van der Waals surface area contributed by atoms with Crippen LogP contribution in [0.3, 0.4) is 0 Å². The Morgan fingerprint density at radius 2 is 1.04 bits per heavy atom. The Bertz CT molecular complexity index is 273. The maximum absolute atomic E-state index is 9.18. The molecule has 27 heavy (non-hydrogen) atoms. The van der Waals surface area contributed by atoms with E-state index in [-0.39, 0.29) is 13.2 Å². The van der Waals surface area contributed by atoms with Gasteiger partial charge in [-0.3, -0.25) is 4.90 Å². The Labute approximate surface area is 174 Å². The Morgan fingerprint density at radius 1 is 0.630 bits per heavy atom. The predicted octanol–water partition coefficient (Wildman–Crippen LogP) is 6.22. The van der Waals surface area contributed by atoms with E-state index in [4.69, 9.17) is 0 Å². The summed E-state index contributed by atoms with van der Waals surface area (Å²) in [4.78, 5) is 2.22. The summed E-state index contributed by atoms with van der Waals surface area (Å²) in [6.45, 7) is 6.18. The van der Waals surface area contributed by atoms with Gasteiger partial charge in [0.25, 0.3) is 0 Å². The first-order valence-corrected chi connectivity index (χ1v) is 12.9. The molecule has 0 aromatic heterocycles. The van der Waals surface area contributed by atoms with E-state index in [2.05, 4.69) is 18.7 Å². The lowest BCUT2D eigenvalue weighted by Crippen LogP contribution is -2.37. The number of hydrogen-bond donors (Lipinski definition) is 2. The van der Waals surface area contributed by atoms with Gasteiger partial charge in [-0.1, -0.05) is 97.3 Å². The molecule has 0 heterocycles. The minimum Gasteiger partial charge on any atom is -0.395 e. The molecule has 4 heteroatoms. The van der Waals surface area contributed by atoms with Crippen molar-refractivity contribution in [1.82, 2.24) is 4.90 Å². The minimum atomic E-state index is 0.177. The van der Waals surface area contributed by atoms with Crippen molar-refractivity contribution >= 4 is 11.8 Å². The lowest BCUT2D eigenvalue weighted by molar-refractivity contribution is 0.150. The smallest absolute Gasteiger partial charge is 0.0558 e. The Kier molecular flexibility index (Phi) is 22.7. The number of aliphatic hydroxyl groups is 2. The van der Waals surface area contributed by atoms with Gasteiger partial charge in [-0.25, -0.2) is 0 Å². The van der Waals surface area contributed by atoms with Gasteiger partial charge in [-0.05, 0) is 18.6 Å². The Morgan fingerprint density at radius 3 is 1.41 bits per heavy atom. The molecule has 0 bridgehead atoms. The van der Waals surface area contributed by atoms with Crippen molar-refractivity contribution < 1.29 is 10.2 Å². The molecule has 0 radical (unpaired) electrons. The lowest BCUT2D eigenvalue weighted by atomic mass is 10.0. The van der Waals surface area contributed by atoms with Crippen molar-refractivity contribution in [3.63, 3.8) is 0 Å². The van der Waals surface area contributed by atoms with E-state index in [9.17, 15) is 10.2 Å². The van der Waals surface area contributed by atoms with E-state index in [1.54, 1.807) is 0 Å². The van der Waals surface area contributed by atoms with Gasteiger partial charge < -0.3 is 10.2 Å². The van der Waals surface area contributed by atoms with E-state index < -0.39 is 0 Å². The molecule has 1 unspecified atom stereocenters. The van der Waals surface area contributed by atoms with Crippen LogP contribution in [0.4, 0.5) is 0 Å². The number of thioether (sulfide) groups is 1. The number of hydrogen-bond acceptors (Lipinski definition) is 4. The van der Waals surface area contributed by atoms with E-state index >= 15 is 0 Å². The number of unbranched alkanes of at least 4 members (excludes halogenated alkanes) is 13. The highest BCUT2D eigenvalue weighted by atomic mass is 32.2. The van der Waals surface area contributed by atoms with Crippen LogP contribution in [0.25, 0.3) is 0 Å². The van der Waals surface area contributed by atoms with Crippen LogP contribution in [0.15, 0.2) is 0 Å². The van der Waals surface area contributed by atoms with Gasteiger partial charge in [-0.15, -0.1) is 11.8 Å². The van der Waals surface area contributed by atoms with Crippen LogP contribution in [-0.2, 0) is 0 Å². The molecule has 0 aliphatic carbocycles. The zero-order valence-electron chi connectivity index (χ0n) is 18.5. The van der Waals surface area contributed by atoms with Gasteiger partial charge in [0, 0.05) is 13.1 Å². The highest BCUT2D eigenvalue weighted by molar-refractivity contribution is 7.99. The van der Waals surface area contributed by atoms with Gasteiger partial charge in [0.1, 0.15) is 0 Å². The molecule has 0 aromatic carbocycles. The summed E-state index contributed by atoms with van der Waals surface area (Å²) in [6.07, 6.45) is 20.8. The lowest BCUT2D eigenvalue weighted by Gasteiger charge is -2.29. The Hall–Kier alpha value is 0.230. The van der Waals surface area contributed by atoms with Crippen LogP contribution in [0.2, 0.25) is 0 Å². The summed E-state index contributed by atoms with van der Waals surface area (Å²) in [5.74, 6) is 1.20. The molecule has 2 N–H and O–H groups in total. The summed E-state index contributed by atoms with van der Waals surface area (Å²) in [6, 6.07) is 0. The number of aliphatic hydroxyl groups excluding tert-OH is 2. The second-order valence-corrected chi connectivity index (χ2v) is 9.10. The van der Waals surface area contributed by atoms with E-state index in [0.29, 0.717) is 18.5 Å². The van der Waals surface area contributed by atoms with Gasteiger partial charge in [0.2, 0.25) is 0 Å². The zero-order valence-corrected chi connectivity index (χ0v) is 19.3. The first-order valence-electron chi connectivity index (χ1n) is 11.9. The van der Waals surface area contributed by atoms with Crippen LogP contribution in [0.5, 0.6) is 0 Å². The van der Waals surface area contributed by atoms with Crippen molar-refractivity contribution in [2.75, 3.05) is 32.1 Å². The van der Waals surface area contributed by atoms with Crippen LogP contribution in [0.1, 0.15) is 110 Å². The molecule has 0 saturated carbocycles. The normalized spacial score (nSPS) is 12.8. The van der Waals surface area contributed by atoms with Crippen molar-refractivity contribution in [3.05, 3.63) is 0 Å². The maximum Gasteiger partial charge on any atom is 0.0558 e. The minimum absolute atomic E-state index is 0.177. The van der Waals surface area contributed by atoms with Crippen molar-refractivity contribution in [2.45, 2.75) is 116 Å². The molecule has 0 fully saturated rings. The fraction of sp³-hybridized carbons (Fsp3) is 1.00. The van der Waals surface area contributed by atoms with E-state index in [1.807, 2.05) is 11.8 Å². The Balaban J connectivity index is 3.40. The third-order valence-corrected chi connectivity index (χ3v) is 6.88. The fourth-order valence-corrected chi connectivity index (χ4v) is 4.95. The molecule has 164 valence electrons. The number of rotatable bonds is 22. The van der Waals surface area contributed by atoms with Crippen molar-refractivity contribution in [1.29, 1.82) is 0 Å². The van der Waals surface area contributed by atoms with Crippen molar-refractivity contribution in [2.24, 2.45) is 0 Å². The first-order chi connectivity index (χ1) is 13.3. The SMILES string of the molecule is CCCCCCCCCCCCCCCCSC(CC)N(CCO)CCO. The molecule has 0 aromatic rings. The molecule has 3 nitrogen and oxygen atoms in total. The number of nitrogens with zero attached hydrogens (tertiary/aromatic N) is 1. The van der Waals surface area contributed by atoms with Gasteiger partial charge >= 0.3 is 0 Å². The summed E-state index contributed by atoms with van der Waals surface area (Å²) in [5.41, 5.74) is 0. The standard InChI is InChI=1S/C23H49NO2S/c1-3-5-6-7-8-9-10-11-12-13-14-15-16-17-22-27-23(4-2)24(18-20-25)19-21-26/h23,25-26H,3-22H2,1-2H3. The van der Waals surface area contributed by atoms with E-state index in [0.717, 1.165) is 6.42 Å². The molecule has 0 spiro atoms. The molecule has 0 aliphatic heterocycles. The second-order valence-electron chi connectivity index (χ2n) is 7.81. The third kappa shape index (κ3) is 18.0. The van der Waals surface area contributed by atoms with Crippen LogP contribution < -0.4 is 0 Å². The van der Waals surface area contributed by atoms with E-state index in [1.165, 1.54) is 95.6 Å². The molecule has 1 atom stereocenters. The highest BCUT2D eigenvalue weighted by Crippen LogP contribution is 2.21. The summed E-state index contributed by atoms with van der Waals surface area (Å²) in [5, 5.41) is 18.8. The van der Waals surface area contributed by atoms with Gasteiger partial charge in [0.05, 0.1) is 18.6 Å². The second kappa shape index (κ2) is 22.5. The van der Waals surface area contributed by atoms with Crippen LogP contribution >= 0.6 is 11.8 Å². The largest absolute Gasteiger partial charge is 0.395 e. The van der Waals surface area contributed by atoms with Crippen LogP contribution in [0, 0.1) is 0 Å². The highest BCUT2D eigenvalue weighted by Gasteiger charge is 2.15. The zero-order chi connectivity index (χ0) is 20.0. The van der Waals surface area contributed by atoms with Crippen LogP contribution in [-0.4, -0.2) is 52.5 Å². The third-order valence-electron chi connectivity index (χ3n) is 5.34. The van der Waals surface area contributed by atoms with Gasteiger partial charge in [-0.2, -0.15) is 0 Å². The molecule has 0 saturated heterocycles. The van der Waals surface area contributed by atoms with Crippen molar-refractivity contribution in [3.8, 4) is 0 Å². The monoisotopic (exact) mass is 403 g/mol. The molecule has 0 amide bonds.